The van der Waals surface area contributed by atoms with Crippen molar-refractivity contribution in [3.05, 3.63) is 40.1 Å². The molecule has 0 spiro atoms. The number of hydrogen-bond acceptors (Lipinski definition) is 5. The second-order valence-electron chi connectivity index (χ2n) is 8.21. The molecule has 1 aliphatic carbocycles. The van der Waals surface area contributed by atoms with Gasteiger partial charge in [-0.15, -0.1) is 0 Å². The highest BCUT2D eigenvalue weighted by molar-refractivity contribution is 5.97. The molecular formula is C22H30N4O4. The first kappa shape index (κ1) is 20.5. The number of amides is 1. The third-order valence-corrected chi connectivity index (χ3v) is 6.46. The SMILES string of the molecule is COc1ccc(C(=O)N2CCC(c3nn(C)c(=O)n3C3CCCC3)CC2)c(OC)c1. The van der Waals surface area contributed by atoms with Crippen molar-refractivity contribution in [3.63, 3.8) is 0 Å². The van der Waals surface area contributed by atoms with Crippen LogP contribution in [0.4, 0.5) is 0 Å². The Hall–Kier alpha value is -2.77. The first-order valence-electron chi connectivity index (χ1n) is 10.7. The molecule has 0 atom stereocenters. The van der Waals surface area contributed by atoms with Crippen LogP contribution in [0.25, 0.3) is 0 Å². The molecule has 30 heavy (non-hydrogen) atoms. The molecule has 2 aromatic rings. The van der Waals surface area contributed by atoms with Gasteiger partial charge < -0.3 is 14.4 Å². The van der Waals surface area contributed by atoms with Gasteiger partial charge >= 0.3 is 5.69 Å². The van der Waals surface area contributed by atoms with E-state index in [1.807, 2.05) is 9.47 Å². The number of carbonyl (C=O) groups is 1. The van der Waals surface area contributed by atoms with E-state index in [0.717, 1.165) is 31.5 Å². The number of benzene rings is 1. The van der Waals surface area contributed by atoms with Crippen LogP contribution in [0, 0.1) is 0 Å². The standard InChI is InChI=1S/C22H30N4O4/c1-24-22(28)26(16-6-4-5-7-16)20(23-24)15-10-12-25(13-11-15)21(27)18-9-8-17(29-2)14-19(18)30-3/h8-9,14-16H,4-7,10-13H2,1-3H3. The van der Waals surface area contributed by atoms with E-state index >= 15 is 0 Å². The van der Waals surface area contributed by atoms with Crippen LogP contribution < -0.4 is 15.2 Å². The zero-order valence-corrected chi connectivity index (χ0v) is 18.0. The van der Waals surface area contributed by atoms with Crippen LogP contribution in [0.2, 0.25) is 0 Å². The first-order chi connectivity index (χ1) is 14.5. The van der Waals surface area contributed by atoms with Crippen molar-refractivity contribution in [1.82, 2.24) is 19.2 Å². The van der Waals surface area contributed by atoms with Crippen LogP contribution in [-0.4, -0.2) is 52.5 Å². The second-order valence-corrected chi connectivity index (χ2v) is 8.21. The molecule has 2 fully saturated rings. The van der Waals surface area contributed by atoms with Crippen LogP contribution in [0.1, 0.15) is 66.7 Å². The summed E-state index contributed by atoms with van der Waals surface area (Å²) >= 11 is 0. The number of rotatable bonds is 5. The molecule has 1 saturated carbocycles. The number of carbonyl (C=O) groups excluding carboxylic acids is 1. The van der Waals surface area contributed by atoms with Gasteiger partial charge in [0.2, 0.25) is 0 Å². The molecule has 0 bridgehead atoms. The van der Waals surface area contributed by atoms with E-state index in [9.17, 15) is 9.59 Å². The van der Waals surface area contributed by atoms with Crippen molar-refractivity contribution in [2.75, 3.05) is 27.3 Å². The zero-order chi connectivity index (χ0) is 21.3. The number of hydrogen-bond donors (Lipinski definition) is 0. The molecule has 1 saturated heterocycles. The number of ether oxygens (including phenoxy) is 2. The first-order valence-corrected chi connectivity index (χ1v) is 10.7. The maximum absolute atomic E-state index is 13.1. The maximum Gasteiger partial charge on any atom is 0.345 e. The van der Waals surface area contributed by atoms with Gasteiger partial charge in [0.15, 0.2) is 0 Å². The Labute approximate surface area is 176 Å². The second kappa shape index (κ2) is 8.53. The van der Waals surface area contributed by atoms with Crippen molar-refractivity contribution in [1.29, 1.82) is 0 Å². The predicted octanol–water partition coefficient (Wildman–Crippen LogP) is 2.73. The van der Waals surface area contributed by atoms with Crippen molar-refractivity contribution in [2.24, 2.45) is 7.05 Å². The lowest BCUT2D eigenvalue weighted by molar-refractivity contribution is 0.0706. The summed E-state index contributed by atoms with van der Waals surface area (Å²) in [6.07, 6.45) is 6.03. The minimum atomic E-state index is -0.0397. The average molecular weight is 415 g/mol. The zero-order valence-electron chi connectivity index (χ0n) is 18.0. The molecule has 2 aliphatic rings. The van der Waals surface area contributed by atoms with Crippen LogP contribution in [0.15, 0.2) is 23.0 Å². The van der Waals surface area contributed by atoms with Gasteiger partial charge in [0.1, 0.15) is 17.3 Å². The Morgan fingerprint density at radius 3 is 2.40 bits per heavy atom. The summed E-state index contributed by atoms with van der Waals surface area (Å²) < 4.78 is 14.0. The smallest absolute Gasteiger partial charge is 0.345 e. The molecule has 1 aromatic heterocycles. The molecule has 4 rings (SSSR count). The Kier molecular flexibility index (Phi) is 5.83. The molecular weight excluding hydrogens is 384 g/mol. The minimum absolute atomic E-state index is 0.0154. The Morgan fingerprint density at radius 2 is 1.77 bits per heavy atom. The summed E-state index contributed by atoms with van der Waals surface area (Å²) in [5.74, 6) is 2.22. The predicted molar refractivity (Wildman–Crippen MR) is 112 cm³/mol. The van der Waals surface area contributed by atoms with Gasteiger partial charge in [-0.25, -0.2) is 9.48 Å². The Balaban J connectivity index is 1.49. The highest BCUT2D eigenvalue weighted by Gasteiger charge is 2.32. The molecule has 0 radical (unpaired) electrons. The summed E-state index contributed by atoms with van der Waals surface area (Å²) in [4.78, 5) is 27.6. The van der Waals surface area contributed by atoms with Crippen molar-refractivity contribution in [2.45, 2.75) is 50.5 Å². The molecule has 1 aliphatic heterocycles. The van der Waals surface area contributed by atoms with Gasteiger partial charge in [-0.3, -0.25) is 9.36 Å². The number of likely N-dealkylation sites (tertiary alicyclic amines) is 1. The van der Waals surface area contributed by atoms with Gasteiger partial charge in [-0.1, -0.05) is 12.8 Å². The number of piperidine rings is 1. The number of aromatic nitrogens is 3. The third kappa shape index (κ3) is 3.70. The quantitative estimate of drug-likeness (QED) is 0.752. The van der Waals surface area contributed by atoms with E-state index in [-0.39, 0.29) is 23.6 Å². The van der Waals surface area contributed by atoms with E-state index in [1.165, 1.54) is 17.5 Å². The normalized spacial score (nSPS) is 18.0. The fourth-order valence-corrected chi connectivity index (χ4v) is 4.77. The van der Waals surface area contributed by atoms with Crippen molar-refractivity contribution >= 4 is 5.91 Å². The lowest BCUT2D eigenvalue weighted by atomic mass is 9.95. The Bertz CT molecular complexity index is 966. The lowest BCUT2D eigenvalue weighted by Gasteiger charge is -2.32. The monoisotopic (exact) mass is 414 g/mol. The lowest BCUT2D eigenvalue weighted by Crippen LogP contribution is -2.39. The van der Waals surface area contributed by atoms with Crippen LogP contribution in [0.5, 0.6) is 11.5 Å². The number of methoxy groups -OCH3 is 2. The number of aryl methyl sites for hydroxylation is 1. The van der Waals surface area contributed by atoms with Gasteiger partial charge in [-0.2, -0.15) is 5.10 Å². The third-order valence-electron chi connectivity index (χ3n) is 6.46. The van der Waals surface area contributed by atoms with E-state index < -0.39 is 0 Å². The summed E-state index contributed by atoms with van der Waals surface area (Å²) in [6, 6.07) is 5.53. The van der Waals surface area contributed by atoms with Gasteiger partial charge in [0.25, 0.3) is 5.91 Å². The van der Waals surface area contributed by atoms with Crippen molar-refractivity contribution in [3.8, 4) is 11.5 Å². The highest BCUT2D eigenvalue weighted by Crippen LogP contribution is 2.34. The molecule has 8 nitrogen and oxygen atoms in total. The molecule has 2 heterocycles. The average Bonchev–Trinajstić information content (AvgIpc) is 3.41. The summed E-state index contributed by atoms with van der Waals surface area (Å²) in [5.41, 5.74) is 0.524. The topological polar surface area (TPSA) is 78.6 Å². The molecule has 1 aromatic carbocycles. The molecule has 1 amide bonds. The van der Waals surface area contributed by atoms with Crippen LogP contribution in [0.3, 0.4) is 0 Å². The maximum atomic E-state index is 13.1. The van der Waals surface area contributed by atoms with Gasteiger partial charge in [0, 0.05) is 38.2 Å². The minimum Gasteiger partial charge on any atom is -0.497 e. The van der Waals surface area contributed by atoms with Crippen molar-refractivity contribution < 1.29 is 14.3 Å². The van der Waals surface area contributed by atoms with Crippen LogP contribution in [-0.2, 0) is 7.05 Å². The van der Waals surface area contributed by atoms with E-state index in [4.69, 9.17) is 9.47 Å². The fraction of sp³-hybridized carbons (Fsp3) is 0.591. The van der Waals surface area contributed by atoms with E-state index in [2.05, 4.69) is 5.10 Å². The van der Waals surface area contributed by atoms with E-state index in [0.29, 0.717) is 30.2 Å². The van der Waals surface area contributed by atoms with Crippen LogP contribution >= 0.6 is 0 Å². The molecule has 0 unspecified atom stereocenters. The summed E-state index contributed by atoms with van der Waals surface area (Å²) in [6.45, 7) is 1.27. The van der Waals surface area contributed by atoms with Gasteiger partial charge in [-0.05, 0) is 37.8 Å². The molecule has 0 N–H and O–H groups in total. The summed E-state index contributed by atoms with van der Waals surface area (Å²) in [7, 11) is 4.87. The summed E-state index contributed by atoms with van der Waals surface area (Å²) in [5, 5.41) is 4.58. The number of nitrogens with zero attached hydrogens (tertiary/aromatic N) is 4. The molecule has 8 heteroatoms. The largest absolute Gasteiger partial charge is 0.497 e. The van der Waals surface area contributed by atoms with Gasteiger partial charge in [0.05, 0.1) is 19.8 Å². The Morgan fingerprint density at radius 1 is 1.07 bits per heavy atom. The highest BCUT2D eigenvalue weighted by atomic mass is 16.5. The molecule has 162 valence electrons. The fourth-order valence-electron chi connectivity index (χ4n) is 4.77. The van der Waals surface area contributed by atoms with E-state index in [1.54, 1.807) is 39.5 Å².